The molecule has 0 bridgehead atoms. The molecule has 0 N–H and O–H groups in total. The van der Waals surface area contributed by atoms with Crippen molar-refractivity contribution in [2.75, 3.05) is 19.6 Å². The maximum Gasteiger partial charge on any atom is 0.274 e. The van der Waals surface area contributed by atoms with E-state index in [0.717, 1.165) is 16.7 Å². The third-order valence-electron chi connectivity index (χ3n) is 6.54. The number of carbonyl (C=O) groups excluding carboxylic acids is 2. The Labute approximate surface area is 209 Å². The van der Waals surface area contributed by atoms with Crippen LogP contribution < -0.4 is 0 Å². The smallest absolute Gasteiger partial charge is 0.274 e. The standard InChI is InChI=1S/C27H30FN5O3/c1-16(2)19-12-20(17-6-8-18(28)9-7-17)30-33-14-21(29-24(19)33)25(34)31-10-11-32-23(15-31)36-22(26(32)35)13-27(3,4)5/h6-9,12,14,22-23H,1,10-11,13,15H2,2-5H3. The van der Waals surface area contributed by atoms with Crippen molar-refractivity contribution < 1.29 is 18.7 Å². The largest absolute Gasteiger partial charge is 0.343 e. The monoisotopic (exact) mass is 491 g/mol. The Kier molecular flexibility index (Phi) is 5.90. The second-order valence-corrected chi connectivity index (χ2v) is 10.8. The number of hydrogen-bond acceptors (Lipinski definition) is 5. The van der Waals surface area contributed by atoms with Gasteiger partial charge in [0.15, 0.2) is 11.9 Å². The number of aromatic nitrogens is 3. The zero-order valence-corrected chi connectivity index (χ0v) is 21.0. The minimum Gasteiger partial charge on any atom is -0.343 e. The molecular weight excluding hydrogens is 461 g/mol. The molecule has 9 heteroatoms. The fourth-order valence-corrected chi connectivity index (χ4v) is 4.75. The summed E-state index contributed by atoms with van der Waals surface area (Å²) in [6.45, 7) is 13.3. The molecule has 2 amide bonds. The van der Waals surface area contributed by atoms with Gasteiger partial charge < -0.3 is 14.5 Å². The van der Waals surface area contributed by atoms with Crippen molar-refractivity contribution in [3.63, 3.8) is 0 Å². The molecule has 36 heavy (non-hydrogen) atoms. The topological polar surface area (TPSA) is 80.0 Å². The van der Waals surface area contributed by atoms with E-state index in [1.54, 1.807) is 32.6 Å². The molecule has 2 atom stereocenters. The number of piperazine rings is 1. The van der Waals surface area contributed by atoms with Crippen LogP contribution in [0.2, 0.25) is 0 Å². The molecular formula is C27H30FN5O3. The van der Waals surface area contributed by atoms with E-state index in [4.69, 9.17) is 4.74 Å². The molecule has 2 aliphatic rings. The highest BCUT2D eigenvalue weighted by Gasteiger charge is 2.45. The molecule has 2 aromatic heterocycles. The van der Waals surface area contributed by atoms with Crippen LogP contribution in [0.3, 0.4) is 0 Å². The third kappa shape index (κ3) is 4.51. The highest BCUT2D eigenvalue weighted by atomic mass is 19.1. The van der Waals surface area contributed by atoms with Crippen molar-refractivity contribution >= 4 is 23.0 Å². The van der Waals surface area contributed by atoms with Gasteiger partial charge in [0.1, 0.15) is 17.6 Å². The minimum absolute atomic E-state index is 0.00150. The van der Waals surface area contributed by atoms with E-state index in [9.17, 15) is 14.0 Å². The molecule has 2 fully saturated rings. The van der Waals surface area contributed by atoms with Crippen LogP contribution in [0.15, 0.2) is 43.1 Å². The second kappa shape index (κ2) is 8.81. The van der Waals surface area contributed by atoms with Crippen molar-refractivity contribution in [3.8, 4) is 11.3 Å². The molecule has 1 aromatic carbocycles. The Balaban J connectivity index is 1.40. The van der Waals surface area contributed by atoms with Crippen LogP contribution in [0.25, 0.3) is 22.5 Å². The number of imidazole rings is 1. The summed E-state index contributed by atoms with van der Waals surface area (Å²) < 4.78 is 21.0. The van der Waals surface area contributed by atoms with Gasteiger partial charge in [-0.05, 0) is 54.7 Å². The lowest BCUT2D eigenvalue weighted by Gasteiger charge is -2.35. The van der Waals surface area contributed by atoms with Crippen LogP contribution in [0.4, 0.5) is 4.39 Å². The van der Waals surface area contributed by atoms with Gasteiger partial charge >= 0.3 is 0 Å². The molecule has 0 radical (unpaired) electrons. The predicted molar refractivity (Wildman–Crippen MR) is 133 cm³/mol. The third-order valence-corrected chi connectivity index (χ3v) is 6.54. The van der Waals surface area contributed by atoms with Crippen LogP contribution in [0.1, 0.15) is 50.2 Å². The first-order valence-corrected chi connectivity index (χ1v) is 12.1. The van der Waals surface area contributed by atoms with Crippen LogP contribution in [0.5, 0.6) is 0 Å². The summed E-state index contributed by atoms with van der Waals surface area (Å²) in [5.41, 5.74) is 3.62. The quantitative estimate of drug-likeness (QED) is 0.551. The fourth-order valence-electron chi connectivity index (χ4n) is 4.75. The molecule has 2 aliphatic heterocycles. The number of halogens is 1. The van der Waals surface area contributed by atoms with Gasteiger partial charge in [0, 0.05) is 24.2 Å². The van der Waals surface area contributed by atoms with Gasteiger partial charge in [-0.25, -0.2) is 13.9 Å². The second-order valence-electron chi connectivity index (χ2n) is 10.8. The molecule has 0 spiro atoms. The number of carbonyl (C=O) groups is 2. The summed E-state index contributed by atoms with van der Waals surface area (Å²) in [5.74, 6) is -0.571. The molecule has 3 aromatic rings. The lowest BCUT2D eigenvalue weighted by molar-refractivity contribution is -0.132. The van der Waals surface area contributed by atoms with Gasteiger partial charge in [0.05, 0.1) is 18.4 Å². The van der Waals surface area contributed by atoms with E-state index in [1.165, 1.54) is 12.1 Å². The average molecular weight is 492 g/mol. The number of nitrogens with zero attached hydrogens (tertiary/aromatic N) is 5. The van der Waals surface area contributed by atoms with Crippen LogP contribution in [-0.2, 0) is 9.53 Å². The first kappa shape index (κ1) is 24.1. The summed E-state index contributed by atoms with van der Waals surface area (Å²) in [4.78, 5) is 34.2. The number of benzene rings is 1. The van der Waals surface area contributed by atoms with Crippen molar-refractivity contribution in [2.24, 2.45) is 5.41 Å². The molecule has 5 rings (SSSR count). The van der Waals surface area contributed by atoms with Crippen LogP contribution in [0, 0.1) is 11.2 Å². The minimum atomic E-state index is -0.479. The van der Waals surface area contributed by atoms with Gasteiger partial charge in [0.25, 0.3) is 11.8 Å². The van der Waals surface area contributed by atoms with Gasteiger partial charge in [-0.15, -0.1) is 0 Å². The summed E-state index contributed by atoms with van der Waals surface area (Å²) >= 11 is 0. The van der Waals surface area contributed by atoms with Crippen molar-refractivity contribution in [2.45, 2.75) is 46.4 Å². The molecule has 0 saturated carbocycles. The Morgan fingerprint density at radius 2 is 1.94 bits per heavy atom. The van der Waals surface area contributed by atoms with Crippen LogP contribution in [-0.4, -0.2) is 68.2 Å². The molecule has 4 heterocycles. The van der Waals surface area contributed by atoms with E-state index >= 15 is 0 Å². The maximum atomic E-state index is 13.4. The Morgan fingerprint density at radius 3 is 2.61 bits per heavy atom. The van der Waals surface area contributed by atoms with E-state index < -0.39 is 12.3 Å². The van der Waals surface area contributed by atoms with E-state index in [0.29, 0.717) is 37.4 Å². The Bertz CT molecular complexity index is 1360. The first-order valence-electron chi connectivity index (χ1n) is 12.1. The van der Waals surface area contributed by atoms with Crippen molar-refractivity contribution in [1.29, 1.82) is 0 Å². The number of allylic oxidation sites excluding steroid dienone is 1. The van der Waals surface area contributed by atoms with Crippen molar-refractivity contribution in [3.05, 3.63) is 60.2 Å². The number of ether oxygens (including phenoxy) is 1. The van der Waals surface area contributed by atoms with Gasteiger partial charge in [0.2, 0.25) is 0 Å². The summed E-state index contributed by atoms with van der Waals surface area (Å²) in [6.07, 6.45) is 1.30. The van der Waals surface area contributed by atoms with Crippen molar-refractivity contribution in [1.82, 2.24) is 24.4 Å². The molecule has 188 valence electrons. The number of hydrogen-bond donors (Lipinski definition) is 0. The summed E-state index contributed by atoms with van der Waals surface area (Å²) in [6, 6.07) is 7.92. The average Bonchev–Trinajstić information content (AvgIpc) is 3.38. The SMILES string of the molecule is C=C(C)c1cc(-c2ccc(F)cc2)nn2cc(C(=O)N3CCN4C(=O)C(CC(C)(C)C)OC4C3)nc12. The van der Waals surface area contributed by atoms with E-state index in [1.807, 2.05) is 13.0 Å². The lowest BCUT2D eigenvalue weighted by atomic mass is 9.89. The van der Waals surface area contributed by atoms with E-state index in [-0.39, 0.29) is 28.7 Å². The van der Waals surface area contributed by atoms with Gasteiger partial charge in [-0.2, -0.15) is 5.10 Å². The normalized spacial score (nSPS) is 20.2. The zero-order valence-electron chi connectivity index (χ0n) is 21.0. The van der Waals surface area contributed by atoms with E-state index in [2.05, 4.69) is 37.4 Å². The lowest BCUT2D eigenvalue weighted by Crippen LogP contribution is -2.53. The van der Waals surface area contributed by atoms with Crippen LogP contribution >= 0.6 is 0 Å². The maximum absolute atomic E-state index is 13.4. The zero-order chi connectivity index (χ0) is 25.8. The predicted octanol–water partition coefficient (Wildman–Crippen LogP) is 4.01. The Morgan fingerprint density at radius 1 is 1.22 bits per heavy atom. The number of rotatable bonds is 4. The Hall–Kier alpha value is -3.59. The van der Waals surface area contributed by atoms with Gasteiger partial charge in [-0.1, -0.05) is 27.4 Å². The number of amides is 2. The number of fused-ring (bicyclic) bond motifs is 2. The highest BCUT2D eigenvalue weighted by Crippen LogP contribution is 2.31. The summed E-state index contributed by atoms with van der Waals surface area (Å²) in [5, 5.41) is 4.62. The summed E-state index contributed by atoms with van der Waals surface area (Å²) in [7, 11) is 0. The molecule has 2 saturated heterocycles. The molecule has 2 unspecified atom stereocenters. The highest BCUT2D eigenvalue weighted by molar-refractivity contribution is 5.94. The molecule has 0 aliphatic carbocycles. The first-order chi connectivity index (χ1) is 17.0. The molecule has 8 nitrogen and oxygen atoms in total. The van der Waals surface area contributed by atoms with Gasteiger partial charge in [-0.3, -0.25) is 9.59 Å². The fraction of sp³-hybridized carbons (Fsp3) is 0.407.